The maximum absolute atomic E-state index is 12.7. The van der Waals surface area contributed by atoms with Gasteiger partial charge >= 0.3 is 0 Å². The number of hydrogen-bond donors (Lipinski definition) is 1. The molecule has 1 saturated heterocycles. The lowest BCUT2D eigenvalue weighted by Gasteiger charge is -2.37. The summed E-state index contributed by atoms with van der Waals surface area (Å²) in [5.74, 6) is 1.07. The molecule has 4 rings (SSSR count). The molecule has 3 nitrogen and oxygen atoms in total. The summed E-state index contributed by atoms with van der Waals surface area (Å²) in [6.45, 7) is 1.92. The molecule has 1 aromatic heterocycles. The quantitative estimate of drug-likeness (QED) is 0.899. The highest BCUT2D eigenvalue weighted by molar-refractivity contribution is 7.10. The lowest BCUT2D eigenvalue weighted by molar-refractivity contribution is -0.136. The minimum absolute atomic E-state index is 0.0847. The van der Waals surface area contributed by atoms with Crippen LogP contribution in [0.15, 0.2) is 11.4 Å². The van der Waals surface area contributed by atoms with Crippen molar-refractivity contribution >= 4 is 17.2 Å². The second kappa shape index (κ2) is 4.60. The molecular weight excluding hydrogens is 256 g/mol. The normalized spacial score (nSPS) is 30.4. The van der Waals surface area contributed by atoms with Gasteiger partial charge in [-0.2, -0.15) is 0 Å². The Balaban J connectivity index is 1.62. The Kier molecular flexibility index (Phi) is 2.88. The molecule has 2 atom stereocenters. The van der Waals surface area contributed by atoms with Crippen molar-refractivity contribution in [3.8, 4) is 0 Å². The Hall–Kier alpha value is -0.870. The van der Waals surface area contributed by atoms with Crippen molar-refractivity contribution in [2.45, 2.75) is 44.2 Å². The minimum Gasteiger partial charge on any atom is -0.334 e. The van der Waals surface area contributed by atoms with Gasteiger partial charge in [-0.25, -0.2) is 0 Å². The number of carbonyl (C=O) groups is 1. The van der Waals surface area contributed by atoms with Crippen molar-refractivity contribution in [1.29, 1.82) is 0 Å². The number of nitrogens with one attached hydrogen (secondary N) is 1. The van der Waals surface area contributed by atoms with Crippen LogP contribution in [0.3, 0.4) is 0 Å². The van der Waals surface area contributed by atoms with Gasteiger partial charge in [0.2, 0.25) is 5.91 Å². The fourth-order valence-electron chi connectivity index (χ4n) is 3.61. The minimum atomic E-state index is 0.0847. The summed E-state index contributed by atoms with van der Waals surface area (Å²) in [4.78, 5) is 16.4. The van der Waals surface area contributed by atoms with Crippen LogP contribution in [-0.4, -0.2) is 29.9 Å². The van der Waals surface area contributed by atoms with E-state index in [1.54, 1.807) is 0 Å². The smallest absolute Gasteiger partial charge is 0.240 e. The van der Waals surface area contributed by atoms with E-state index < -0.39 is 0 Å². The zero-order valence-electron chi connectivity index (χ0n) is 11.1. The number of hydrogen-bond acceptors (Lipinski definition) is 3. The van der Waals surface area contributed by atoms with Crippen molar-refractivity contribution in [3.63, 3.8) is 0 Å². The van der Waals surface area contributed by atoms with Crippen LogP contribution in [0.2, 0.25) is 0 Å². The van der Waals surface area contributed by atoms with Gasteiger partial charge in [0.1, 0.15) is 0 Å². The first-order valence-electron chi connectivity index (χ1n) is 7.45. The van der Waals surface area contributed by atoms with E-state index in [1.807, 2.05) is 11.3 Å². The van der Waals surface area contributed by atoms with Crippen LogP contribution < -0.4 is 5.32 Å². The summed E-state index contributed by atoms with van der Waals surface area (Å²) < 4.78 is 0. The van der Waals surface area contributed by atoms with E-state index in [1.165, 1.54) is 23.3 Å². The van der Waals surface area contributed by atoms with Gasteiger partial charge in [0.05, 0.1) is 12.1 Å². The van der Waals surface area contributed by atoms with E-state index >= 15 is 0 Å². The van der Waals surface area contributed by atoms with E-state index in [2.05, 4.69) is 21.7 Å². The molecule has 0 spiro atoms. The molecule has 1 unspecified atom stereocenters. The summed E-state index contributed by atoms with van der Waals surface area (Å²) in [6.07, 6.45) is 5.80. The molecule has 1 aromatic rings. The van der Waals surface area contributed by atoms with Crippen LogP contribution in [0.4, 0.5) is 0 Å². The lowest BCUT2D eigenvalue weighted by Crippen LogP contribution is -2.48. The monoisotopic (exact) mass is 276 g/mol. The molecule has 1 N–H and O–H groups in total. The average molecular weight is 276 g/mol. The molecule has 2 fully saturated rings. The number of fused-ring (bicyclic) bond motifs is 1. The van der Waals surface area contributed by atoms with Crippen molar-refractivity contribution in [2.75, 3.05) is 13.1 Å². The second-order valence-electron chi connectivity index (χ2n) is 6.01. The van der Waals surface area contributed by atoms with E-state index in [4.69, 9.17) is 0 Å². The van der Waals surface area contributed by atoms with Crippen molar-refractivity contribution in [1.82, 2.24) is 10.2 Å². The van der Waals surface area contributed by atoms with Gasteiger partial charge in [0, 0.05) is 11.4 Å². The summed E-state index contributed by atoms with van der Waals surface area (Å²) in [7, 11) is 0. The van der Waals surface area contributed by atoms with Crippen molar-refractivity contribution in [3.05, 3.63) is 21.9 Å². The molecule has 3 aliphatic rings. The first kappa shape index (κ1) is 11.9. The molecule has 3 heterocycles. The molecule has 102 valence electrons. The number of amides is 1. The highest BCUT2D eigenvalue weighted by atomic mass is 32.1. The molecule has 1 aliphatic carbocycles. The molecule has 19 heavy (non-hydrogen) atoms. The molecule has 1 amide bonds. The van der Waals surface area contributed by atoms with Gasteiger partial charge in [-0.3, -0.25) is 4.79 Å². The molecule has 4 heteroatoms. The van der Waals surface area contributed by atoms with Gasteiger partial charge in [0.25, 0.3) is 0 Å². The Morgan fingerprint density at radius 2 is 2.26 bits per heavy atom. The third kappa shape index (κ3) is 2.01. The van der Waals surface area contributed by atoms with Crippen LogP contribution >= 0.6 is 11.3 Å². The summed E-state index contributed by atoms with van der Waals surface area (Å²) in [5.41, 5.74) is 1.45. The average Bonchev–Trinajstić information content (AvgIpc) is 2.95. The zero-order chi connectivity index (χ0) is 12.8. The summed E-state index contributed by atoms with van der Waals surface area (Å²) >= 11 is 1.87. The van der Waals surface area contributed by atoms with Gasteiger partial charge in [-0.15, -0.1) is 11.3 Å². The van der Waals surface area contributed by atoms with Crippen LogP contribution in [-0.2, 0) is 11.2 Å². The topological polar surface area (TPSA) is 32.3 Å². The zero-order valence-corrected chi connectivity index (χ0v) is 11.9. The van der Waals surface area contributed by atoms with Gasteiger partial charge in [0.15, 0.2) is 0 Å². The predicted molar refractivity (Wildman–Crippen MR) is 76.2 cm³/mol. The maximum atomic E-state index is 12.7. The lowest BCUT2D eigenvalue weighted by atomic mass is 9.95. The number of carbonyl (C=O) groups excluding carboxylic acids is 1. The van der Waals surface area contributed by atoms with Gasteiger partial charge in [-0.05, 0) is 61.6 Å². The van der Waals surface area contributed by atoms with Crippen LogP contribution in [0.5, 0.6) is 0 Å². The Labute approximate surface area is 118 Å². The molecule has 1 saturated carbocycles. The van der Waals surface area contributed by atoms with E-state index in [0.717, 1.165) is 38.3 Å². The fourth-order valence-corrected chi connectivity index (χ4v) is 4.52. The van der Waals surface area contributed by atoms with Crippen LogP contribution in [0.25, 0.3) is 0 Å². The molecule has 0 radical (unpaired) electrons. The second-order valence-corrected chi connectivity index (χ2v) is 7.01. The van der Waals surface area contributed by atoms with Crippen LogP contribution in [0, 0.1) is 5.92 Å². The molecular formula is C15H20N2OS. The fraction of sp³-hybridized carbons (Fsp3) is 0.667. The van der Waals surface area contributed by atoms with E-state index in [0.29, 0.717) is 11.9 Å². The molecule has 0 bridgehead atoms. The van der Waals surface area contributed by atoms with E-state index in [-0.39, 0.29) is 6.04 Å². The number of rotatable bonds is 2. The number of thiophene rings is 1. The summed E-state index contributed by atoms with van der Waals surface area (Å²) in [6, 6.07) is 2.72. The SMILES string of the molecule is O=C([C@@H]1CCCN1)N1CCc2sccc2C1C1CC1. The highest BCUT2D eigenvalue weighted by Crippen LogP contribution is 2.48. The summed E-state index contributed by atoms with van der Waals surface area (Å²) in [5, 5.41) is 5.56. The first-order valence-corrected chi connectivity index (χ1v) is 8.32. The third-order valence-corrected chi connectivity index (χ3v) is 5.72. The van der Waals surface area contributed by atoms with Gasteiger partial charge < -0.3 is 10.2 Å². The predicted octanol–water partition coefficient (Wildman–Crippen LogP) is 2.34. The van der Waals surface area contributed by atoms with Gasteiger partial charge in [-0.1, -0.05) is 0 Å². The largest absolute Gasteiger partial charge is 0.334 e. The third-order valence-electron chi connectivity index (χ3n) is 4.72. The molecule has 0 aromatic carbocycles. The van der Waals surface area contributed by atoms with E-state index in [9.17, 15) is 4.79 Å². The highest BCUT2D eigenvalue weighted by Gasteiger charge is 2.43. The standard InChI is InChI=1S/C15H20N2OS/c18-15(12-2-1-7-16-12)17-8-5-13-11(6-9-19-13)14(17)10-3-4-10/h6,9-10,12,14,16H,1-5,7-8H2/t12-,14?/m0/s1. The number of nitrogens with zero attached hydrogens (tertiary/aromatic N) is 1. The Bertz CT molecular complexity index is 488. The van der Waals surface area contributed by atoms with Crippen LogP contribution in [0.1, 0.15) is 42.2 Å². The van der Waals surface area contributed by atoms with Crippen molar-refractivity contribution < 1.29 is 4.79 Å². The first-order chi connectivity index (χ1) is 9.34. The maximum Gasteiger partial charge on any atom is 0.240 e. The Morgan fingerprint density at radius 3 is 3.00 bits per heavy atom. The molecule has 2 aliphatic heterocycles. The Morgan fingerprint density at radius 1 is 1.37 bits per heavy atom. The van der Waals surface area contributed by atoms with Crippen molar-refractivity contribution in [2.24, 2.45) is 5.92 Å².